The minimum Gasteiger partial charge on any atom is -0.376 e. The minimum atomic E-state index is -3.44. The molecule has 2 bridgehead atoms. The first-order chi connectivity index (χ1) is 18.7. The quantitative estimate of drug-likeness (QED) is 0.580. The second kappa shape index (κ2) is 10.4. The topological polar surface area (TPSA) is 101 Å². The number of morpholine rings is 1. The van der Waals surface area contributed by atoms with Gasteiger partial charge < -0.3 is 24.6 Å². The maximum absolute atomic E-state index is 14.2. The molecule has 4 fully saturated rings. The summed E-state index contributed by atoms with van der Waals surface area (Å²) in [6.07, 6.45) is 8.64. The van der Waals surface area contributed by atoms with Crippen molar-refractivity contribution in [2.24, 2.45) is 5.92 Å². The lowest BCUT2D eigenvalue weighted by atomic mass is 9.86. The van der Waals surface area contributed by atoms with Gasteiger partial charge in [0.2, 0.25) is 5.91 Å². The van der Waals surface area contributed by atoms with Crippen LogP contribution >= 0.6 is 0 Å². The van der Waals surface area contributed by atoms with Gasteiger partial charge in [0, 0.05) is 36.2 Å². The van der Waals surface area contributed by atoms with Crippen LogP contribution in [0.25, 0.3) is 0 Å². The number of aromatic nitrogens is 1. The molecule has 1 N–H and O–H groups in total. The number of benzene rings is 1. The first-order valence-electron chi connectivity index (χ1n) is 14.1. The number of hydrogen-bond donors (Lipinski definition) is 1. The molecule has 5 aliphatic rings. The lowest BCUT2D eigenvalue weighted by molar-refractivity contribution is -0.124. The highest BCUT2D eigenvalue weighted by atomic mass is 32.2. The van der Waals surface area contributed by atoms with Crippen LogP contribution in [-0.4, -0.2) is 63.1 Å². The molecule has 210 valence electrons. The molecule has 0 unspecified atom stereocenters. The van der Waals surface area contributed by atoms with E-state index >= 15 is 0 Å². The Kier molecular flexibility index (Phi) is 7.05. The molecule has 1 amide bonds. The fraction of sp³-hybridized carbons (Fsp3) is 0.586. The van der Waals surface area contributed by atoms with Crippen molar-refractivity contribution < 1.29 is 22.7 Å². The van der Waals surface area contributed by atoms with Gasteiger partial charge in [-0.1, -0.05) is 0 Å². The van der Waals surface area contributed by atoms with Gasteiger partial charge in [0.15, 0.2) is 9.84 Å². The molecule has 2 atom stereocenters. The summed E-state index contributed by atoms with van der Waals surface area (Å²) < 4.78 is 36.6. The summed E-state index contributed by atoms with van der Waals surface area (Å²) in [7, 11) is -3.44. The zero-order chi connectivity index (χ0) is 27.3. The molecule has 1 aliphatic carbocycles. The highest BCUT2D eigenvalue weighted by molar-refractivity contribution is 7.90. The molecule has 5 heterocycles. The number of sulfone groups is 1. The van der Waals surface area contributed by atoms with Crippen LogP contribution in [0.1, 0.15) is 57.9 Å². The Bertz CT molecular complexity index is 1350. The zero-order valence-electron chi connectivity index (χ0n) is 22.9. The number of hydrogen-bond acceptors (Lipinski definition) is 8. The molecule has 1 saturated carbocycles. The summed E-state index contributed by atoms with van der Waals surface area (Å²) >= 11 is 0. The van der Waals surface area contributed by atoms with E-state index in [-0.39, 0.29) is 41.6 Å². The number of anilines is 4. The Labute approximate surface area is 230 Å². The monoisotopic (exact) mass is 554 g/mol. The van der Waals surface area contributed by atoms with Crippen molar-refractivity contribution in [1.29, 1.82) is 0 Å². The average Bonchev–Trinajstić information content (AvgIpc) is 3.09. The van der Waals surface area contributed by atoms with E-state index < -0.39 is 9.84 Å². The van der Waals surface area contributed by atoms with Gasteiger partial charge in [0.25, 0.3) is 0 Å². The van der Waals surface area contributed by atoms with Crippen molar-refractivity contribution in [3.63, 3.8) is 0 Å². The summed E-state index contributed by atoms with van der Waals surface area (Å²) in [6.45, 7) is 5.93. The number of carbonyl (C=O) groups is 1. The van der Waals surface area contributed by atoms with Crippen LogP contribution in [0.3, 0.4) is 0 Å². The molecule has 0 spiro atoms. The summed E-state index contributed by atoms with van der Waals surface area (Å²) in [5.41, 5.74) is 3.36. The van der Waals surface area contributed by atoms with E-state index in [1.807, 2.05) is 24.8 Å². The molecule has 1 aromatic carbocycles. The van der Waals surface area contributed by atoms with Crippen LogP contribution in [-0.2, 0) is 30.7 Å². The maximum Gasteiger partial charge on any atom is 0.230 e. The van der Waals surface area contributed by atoms with E-state index in [0.29, 0.717) is 17.4 Å². The Morgan fingerprint density at radius 1 is 1.13 bits per heavy atom. The normalized spacial score (nSPS) is 26.6. The van der Waals surface area contributed by atoms with Gasteiger partial charge in [-0.3, -0.25) is 4.79 Å². The molecule has 10 heteroatoms. The summed E-state index contributed by atoms with van der Waals surface area (Å²) in [5.74, 6) is 0.533. The predicted octanol–water partition coefficient (Wildman–Crippen LogP) is 4.43. The Morgan fingerprint density at radius 3 is 2.56 bits per heavy atom. The third-order valence-electron chi connectivity index (χ3n) is 8.50. The van der Waals surface area contributed by atoms with Crippen LogP contribution < -0.4 is 15.1 Å². The largest absolute Gasteiger partial charge is 0.376 e. The molecule has 4 aliphatic heterocycles. The Morgan fingerprint density at radius 2 is 1.92 bits per heavy atom. The number of nitrogens with zero attached hydrogens (tertiary/aromatic N) is 3. The van der Waals surface area contributed by atoms with Gasteiger partial charge in [-0.05, 0) is 76.6 Å². The van der Waals surface area contributed by atoms with E-state index in [1.165, 1.54) is 12.5 Å². The fourth-order valence-corrected chi connectivity index (χ4v) is 7.05. The van der Waals surface area contributed by atoms with Gasteiger partial charge in [-0.15, -0.1) is 0 Å². The number of carbonyl (C=O) groups excluding carboxylic acids is 1. The Balaban J connectivity index is 1.35. The number of nitrogens with one attached hydrogen (secondary N) is 1. The van der Waals surface area contributed by atoms with Crippen molar-refractivity contribution >= 4 is 38.6 Å². The molecule has 0 radical (unpaired) electrons. The highest BCUT2D eigenvalue weighted by Crippen LogP contribution is 2.42. The van der Waals surface area contributed by atoms with Crippen LogP contribution in [0.4, 0.5) is 22.9 Å². The fourth-order valence-electron chi connectivity index (χ4n) is 6.45. The zero-order valence-corrected chi connectivity index (χ0v) is 23.7. The van der Waals surface area contributed by atoms with E-state index in [9.17, 15) is 13.2 Å². The molecule has 9 nitrogen and oxygen atoms in total. The van der Waals surface area contributed by atoms with E-state index in [4.69, 9.17) is 9.47 Å². The first-order valence-corrected chi connectivity index (χ1v) is 16.0. The van der Waals surface area contributed by atoms with E-state index in [2.05, 4.69) is 27.3 Å². The maximum atomic E-state index is 14.2. The molecule has 39 heavy (non-hydrogen) atoms. The van der Waals surface area contributed by atoms with Gasteiger partial charge in [0.1, 0.15) is 5.82 Å². The number of fused-ring (bicyclic) bond motifs is 5. The van der Waals surface area contributed by atoms with E-state index in [0.717, 1.165) is 68.7 Å². The predicted molar refractivity (Wildman–Crippen MR) is 150 cm³/mol. The van der Waals surface area contributed by atoms with Crippen LogP contribution in [0.15, 0.2) is 35.4 Å². The summed E-state index contributed by atoms with van der Waals surface area (Å²) in [6, 6.07) is 8.20. The molecule has 1 aromatic heterocycles. The van der Waals surface area contributed by atoms with Crippen LogP contribution in [0, 0.1) is 5.92 Å². The van der Waals surface area contributed by atoms with Gasteiger partial charge in [-0.2, -0.15) is 0 Å². The van der Waals surface area contributed by atoms with Crippen molar-refractivity contribution in [3.8, 4) is 0 Å². The van der Waals surface area contributed by atoms with Gasteiger partial charge in [0.05, 0.1) is 53.8 Å². The van der Waals surface area contributed by atoms with Crippen molar-refractivity contribution in [2.75, 3.05) is 34.5 Å². The minimum absolute atomic E-state index is 0.0688. The summed E-state index contributed by atoms with van der Waals surface area (Å²) in [4.78, 5) is 23.1. The molecule has 7 rings (SSSR count). The number of ether oxygens (including phenoxy) is 2. The van der Waals surface area contributed by atoms with Crippen molar-refractivity contribution in [3.05, 3.63) is 36.0 Å². The van der Waals surface area contributed by atoms with Crippen molar-refractivity contribution in [1.82, 2.24) is 4.98 Å². The SMILES string of the molecule is CC(C)OC1CCC(C(=O)N2Cc3cc(S(C)(=O)=O)cnc3Nc3ccc(N4C[C@@H]5CC[C@H]4CO5)cc32)CC1. The second-order valence-electron chi connectivity index (χ2n) is 11.7. The highest BCUT2D eigenvalue weighted by Gasteiger charge is 2.37. The summed E-state index contributed by atoms with van der Waals surface area (Å²) in [5, 5.41) is 3.40. The standard InChI is InChI=1S/C29H38N4O5S/c1-18(2)38-23-8-4-19(5-9-23)29(34)33-15-20-12-25(39(3,35)36)14-30-28(20)31-26-11-7-21(13-27(26)33)32-16-24-10-6-22(32)17-37-24/h7,11-14,18-19,22-24H,4-6,8-10,15-17H2,1-3H3,(H,30,31)/t19?,22-,23?,24-/m0/s1. The second-order valence-corrected chi connectivity index (χ2v) is 13.7. The van der Waals surface area contributed by atoms with Crippen LogP contribution in [0.5, 0.6) is 0 Å². The van der Waals surface area contributed by atoms with Gasteiger partial charge >= 0.3 is 0 Å². The number of amides is 1. The Hall–Kier alpha value is -2.69. The smallest absolute Gasteiger partial charge is 0.230 e. The molecular weight excluding hydrogens is 516 g/mol. The lowest BCUT2D eigenvalue weighted by Crippen LogP contribution is -2.54. The molecule has 3 saturated heterocycles. The van der Waals surface area contributed by atoms with Gasteiger partial charge in [-0.25, -0.2) is 13.4 Å². The third kappa shape index (κ3) is 5.38. The molecule has 2 aromatic rings. The lowest BCUT2D eigenvalue weighted by Gasteiger charge is -2.46. The third-order valence-corrected chi connectivity index (χ3v) is 9.58. The van der Waals surface area contributed by atoms with Crippen LogP contribution in [0.2, 0.25) is 0 Å². The average molecular weight is 555 g/mol. The number of rotatable bonds is 5. The number of pyridine rings is 1. The number of piperidine rings is 1. The first kappa shape index (κ1) is 26.5. The molecular formula is C29H38N4O5S. The van der Waals surface area contributed by atoms with E-state index in [1.54, 1.807) is 6.07 Å². The van der Waals surface area contributed by atoms with Crippen molar-refractivity contribution in [2.45, 2.75) is 88.2 Å².